The number of benzene rings is 1. The summed E-state index contributed by atoms with van der Waals surface area (Å²) >= 11 is 0. The van der Waals surface area contributed by atoms with E-state index in [9.17, 15) is 9.90 Å². The molecular formula is C15H19NO2. The van der Waals surface area contributed by atoms with Crippen molar-refractivity contribution in [3.63, 3.8) is 0 Å². The molecular weight excluding hydrogens is 226 g/mol. The lowest BCUT2D eigenvalue weighted by Gasteiger charge is -2.15. The maximum absolute atomic E-state index is 12.0. The van der Waals surface area contributed by atoms with Crippen LogP contribution >= 0.6 is 0 Å². The van der Waals surface area contributed by atoms with Crippen molar-refractivity contribution in [2.24, 2.45) is 11.3 Å². The Balaban J connectivity index is 1.62. The molecule has 0 atom stereocenters. The minimum absolute atomic E-state index is 0.0231. The summed E-state index contributed by atoms with van der Waals surface area (Å²) in [6.07, 6.45) is 5.22. The van der Waals surface area contributed by atoms with Gasteiger partial charge >= 0.3 is 0 Å². The Labute approximate surface area is 107 Å². The van der Waals surface area contributed by atoms with Crippen LogP contribution in [-0.2, 0) is 0 Å². The minimum atomic E-state index is -0.0231. The summed E-state index contributed by atoms with van der Waals surface area (Å²) in [6, 6.07) is 4.99. The third kappa shape index (κ3) is 2.09. The van der Waals surface area contributed by atoms with Crippen LogP contribution in [0.1, 0.15) is 41.6 Å². The van der Waals surface area contributed by atoms with Crippen molar-refractivity contribution < 1.29 is 9.90 Å². The van der Waals surface area contributed by atoms with Crippen molar-refractivity contribution in [1.82, 2.24) is 5.32 Å². The predicted octanol–water partition coefficient (Wildman–Crippen LogP) is 2.62. The second-order valence-electron chi connectivity index (χ2n) is 5.82. The van der Waals surface area contributed by atoms with Crippen LogP contribution < -0.4 is 5.32 Å². The van der Waals surface area contributed by atoms with Gasteiger partial charge in [0, 0.05) is 12.1 Å². The van der Waals surface area contributed by atoms with Crippen LogP contribution in [0.4, 0.5) is 0 Å². The highest BCUT2D eigenvalue weighted by molar-refractivity contribution is 5.94. The molecule has 0 aromatic heterocycles. The lowest BCUT2D eigenvalue weighted by Crippen LogP contribution is -2.31. The van der Waals surface area contributed by atoms with E-state index in [2.05, 4.69) is 5.32 Å². The topological polar surface area (TPSA) is 49.3 Å². The van der Waals surface area contributed by atoms with Crippen molar-refractivity contribution in [3.8, 4) is 5.75 Å². The van der Waals surface area contributed by atoms with E-state index in [1.54, 1.807) is 25.1 Å². The van der Waals surface area contributed by atoms with Gasteiger partial charge in [0.25, 0.3) is 5.91 Å². The highest BCUT2D eigenvalue weighted by Crippen LogP contribution is 2.60. The second-order valence-corrected chi connectivity index (χ2v) is 5.82. The number of rotatable bonds is 4. The third-order valence-corrected chi connectivity index (χ3v) is 4.40. The molecule has 3 rings (SSSR count). The Bertz CT molecular complexity index is 487. The van der Waals surface area contributed by atoms with Gasteiger partial charge in [-0.15, -0.1) is 0 Å². The molecule has 2 aliphatic rings. The maximum atomic E-state index is 12.0. The molecule has 0 heterocycles. The van der Waals surface area contributed by atoms with Gasteiger partial charge in [-0.05, 0) is 67.7 Å². The molecule has 2 saturated carbocycles. The van der Waals surface area contributed by atoms with Crippen LogP contribution in [0.2, 0.25) is 0 Å². The molecule has 2 N–H and O–H groups in total. The number of carbonyl (C=O) groups excluding carboxylic acids is 1. The van der Waals surface area contributed by atoms with Crippen LogP contribution in [0.25, 0.3) is 0 Å². The van der Waals surface area contributed by atoms with Gasteiger partial charge in [-0.1, -0.05) is 0 Å². The number of carbonyl (C=O) groups is 1. The summed E-state index contributed by atoms with van der Waals surface area (Å²) in [7, 11) is 0. The Kier molecular flexibility index (Phi) is 2.58. The average Bonchev–Trinajstić information content (AvgIpc) is 3.22. The number of nitrogens with one attached hydrogen (secondary N) is 1. The normalized spacial score (nSPS) is 20.5. The second kappa shape index (κ2) is 4.01. The van der Waals surface area contributed by atoms with Crippen LogP contribution in [-0.4, -0.2) is 17.6 Å². The highest BCUT2D eigenvalue weighted by atomic mass is 16.3. The number of amides is 1. The van der Waals surface area contributed by atoms with E-state index < -0.39 is 0 Å². The Morgan fingerprint density at radius 1 is 1.44 bits per heavy atom. The fraction of sp³-hybridized carbons (Fsp3) is 0.533. The van der Waals surface area contributed by atoms with Crippen LogP contribution in [0.5, 0.6) is 5.75 Å². The van der Waals surface area contributed by atoms with E-state index in [0.29, 0.717) is 11.0 Å². The molecule has 1 amide bonds. The molecule has 18 heavy (non-hydrogen) atoms. The Hall–Kier alpha value is -1.51. The van der Waals surface area contributed by atoms with Crippen molar-refractivity contribution in [2.75, 3.05) is 6.54 Å². The zero-order valence-electron chi connectivity index (χ0n) is 10.7. The minimum Gasteiger partial charge on any atom is -0.508 e. The molecule has 0 spiro atoms. The van der Waals surface area contributed by atoms with E-state index in [-0.39, 0.29) is 11.7 Å². The molecule has 2 fully saturated rings. The summed E-state index contributed by atoms with van der Waals surface area (Å²) in [5.74, 6) is 1.08. The SMILES string of the molecule is Cc1cc(C(=O)NCC2(C3CC3)CC2)ccc1O. The summed E-state index contributed by atoms with van der Waals surface area (Å²) in [5.41, 5.74) is 1.81. The largest absolute Gasteiger partial charge is 0.508 e. The van der Waals surface area contributed by atoms with Crippen LogP contribution in [0, 0.1) is 18.3 Å². The van der Waals surface area contributed by atoms with E-state index in [1.165, 1.54) is 25.7 Å². The predicted molar refractivity (Wildman–Crippen MR) is 69.6 cm³/mol. The fourth-order valence-corrected chi connectivity index (χ4v) is 2.74. The first-order chi connectivity index (χ1) is 8.61. The molecule has 3 nitrogen and oxygen atoms in total. The molecule has 1 aromatic carbocycles. The van der Waals surface area contributed by atoms with Crippen LogP contribution in [0.15, 0.2) is 18.2 Å². The monoisotopic (exact) mass is 245 g/mol. The fourth-order valence-electron chi connectivity index (χ4n) is 2.74. The third-order valence-electron chi connectivity index (χ3n) is 4.40. The summed E-state index contributed by atoms with van der Waals surface area (Å²) in [6.45, 7) is 2.62. The number of hydrogen-bond acceptors (Lipinski definition) is 2. The standard InChI is InChI=1S/C15H19NO2/c1-10-8-11(2-5-13(10)17)14(18)16-9-15(6-7-15)12-3-4-12/h2,5,8,12,17H,3-4,6-7,9H2,1H3,(H,16,18). The Morgan fingerprint density at radius 3 is 2.72 bits per heavy atom. The van der Waals surface area contributed by atoms with E-state index in [4.69, 9.17) is 0 Å². The number of aromatic hydroxyl groups is 1. The van der Waals surface area contributed by atoms with Gasteiger partial charge in [-0.25, -0.2) is 0 Å². The number of phenols is 1. The first-order valence-electron chi connectivity index (χ1n) is 6.69. The number of hydrogen-bond donors (Lipinski definition) is 2. The van der Waals surface area contributed by atoms with Gasteiger partial charge < -0.3 is 10.4 Å². The number of phenolic OH excluding ortho intramolecular Hbond substituents is 1. The lowest BCUT2D eigenvalue weighted by atomic mass is 10.0. The number of aryl methyl sites for hydroxylation is 1. The molecule has 1 aromatic rings. The summed E-state index contributed by atoms with van der Waals surface area (Å²) in [5, 5.41) is 12.5. The van der Waals surface area contributed by atoms with Crippen molar-refractivity contribution in [3.05, 3.63) is 29.3 Å². The van der Waals surface area contributed by atoms with Crippen LogP contribution in [0.3, 0.4) is 0 Å². The average molecular weight is 245 g/mol. The summed E-state index contributed by atoms with van der Waals surface area (Å²) in [4.78, 5) is 12.0. The molecule has 0 unspecified atom stereocenters. The highest BCUT2D eigenvalue weighted by Gasteiger charge is 2.53. The lowest BCUT2D eigenvalue weighted by molar-refractivity contribution is 0.0942. The van der Waals surface area contributed by atoms with Gasteiger partial charge in [0.1, 0.15) is 5.75 Å². The molecule has 2 aliphatic carbocycles. The molecule has 0 radical (unpaired) electrons. The van der Waals surface area contributed by atoms with Crippen molar-refractivity contribution in [2.45, 2.75) is 32.6 Å². The molecule has 0 saturated heterocycles. The van der Waals surface area contributed by atoms with Crippen molar-refractivity contribution >= 4 is 5.91 Å². The van der Waals surface area contributed by atoms with Gasteiger partial charge in [-0.3, -0.25) is 4.79 Å². The zero-order valence-corrected chi connectivity index (χ0v) is 10.7. The van der Waals surface area contributed by atoms with Gasteiger partial charge in [-0.2, -0.15) is 0 Å². The Morgan fingerprint density at radius 2 is 2.17 bits per heavy atom. The smallest absolute Gasteiger partial charge is 0.251 e. The van der Waals surface area contributed by atoms with Gasteiger partial charge in [0.05, 0.1) is 0 Å². The molecule has 0 aliphatic heterocycles. The maximum Gasteiger partial charge on any atom is 0.251 e. The first-order valence-corrected chi connectivity index (χ1v) is 6.69. The van der Waals surface area contributed by atoms with E-state index >= 15 is 0 Å². The quantitative estimate of drug-likeness (QED) is 0.856. The molecule has 0 bridgehead atoms. The first kappa shape index (κ1) is 11.6. The van der Waals surface area contributed by atoms with E-state index in [1.807, 2.05) is 0 Å². The van der Waals surface area contributed by atoms with Gasteiger partial charge in [0.15, 0.2) is 0 Å². The van der Waals surface area contributed by atoms with Gasteiger partial charge in [0.2, 0.25) is 0 Å². The summed E-state index contributed by atoms with van der Waals surface area (Å²) < 4.78 is 0. The molecule has 3 heteroatoms. The zero-order chi connectivity index (χ0) is 12.8. The van der Waals surface area contributed by atoms with E-state index in [0.717, 1.165) is 18.0 Å². The molecule has 96 valence electrons. The van der Waals surface area contributed by atoms with Crippen molar-refractivity contribution in [1.29, 1.82) is 0 Å².